The maximum Gasteiger partial charge on any atom is 0.164 e. The van der Waals surface area contributed by atoms with Crippen LogP contribution in [0.1, 0.15) is 0 Å². The lowest BCUT2D eigenvalue weighted by Gasteiger charge is -2.08. The van der Waals surface area contributed by atoms with E-state index in [9.17, 15) is 4.39 Å². The van der Waals surface area contributed by atoms with Crippen LogP contribution in [-0.4, -0.2) is 24.9 Å². The highest BCUT2D eigenvalue weighted by Crippen LogP contribution is 2.40. The first-order chi connectivity index (χ1) is 25.1. The van der Waals surface area contributed by atoms with Crippen LogP contribution in [0, 0.1) is 5.82 Å². The minimum atomic E-state index is -0.287. The van der Waals surface area contributed by atoms with Crippen LogP contribution in [0.2, 0.25) is 0 Å². The van der Waals surface area contributed by atoms with Gasteiger partial charge in [-0.15, -0.1) is 11.3 Å². The summed E-state index contributed by atoms with van der Waals surface area (Å²) in [6, 6.07) is 46.6. The summed E-state index contributed by atoms with van der Waals surface area (Å²) in [5.41, 5.74) is 7.45. The fourth-order valence-electron chi connectivity index (χ4n) is 6.52. The number of halogens is 1. The number of thiophene rings is 1. The van der Waals surface area contributed by atoms with Crippen molar-refractivity contribution in [2.24, 2.45) is 0 Å². The van der Waals surface area contributed by atoms with Crippen LogP contribution < -0.4 is 0 Å². The quantitative estimate of drug-likeness (QED) is 0.180. The van der Waals surface area contributed by atoms with Crippen molar-refractivity contribution in [3.8, 4) is 56.8 Å². The van der Waals surface area contributed by atoms with Crippen LogP contribution in [0.15, 0.2) is 150 Å². The molecule has 0 fully saturated rings. The summed E-state index contributed by atoms with van der Waals surface area (Å²) in [5.74, 6) is 2.06. The fraction of sp³-hybridized carbons (Fsp3) is 0. The molecule has 0 aliphatic rings. The normalized spacial score (nSPS) is 11.6. The third-order valence-corrected chi connectivity index (χ3v) is 10.2. The summed E-state index contributed by atoms with van der Waals surface area (Å²) in [5, 5.41) is 2.97. The van der Waals surface area contributed by atoms with Crippen molar-refractivity contribution >= 4 is 53.6 Å². The van der Waals surface area contributed by atoms with Gasteiger partial charge in [-0.05, 0) is 60.7 Å². The Hall–Kier alpha value is -6.64. The molecule has 6 nitrogen and oxygen atoms in total. The number of furan rings is 1. The molecule has 0 spiro atoms. The highest BCUT2D eigenvalue weighted by Gasteiger charge is 2.19. The van der Waals surface area contributed by atoms with Gasteiger partial charge in [0.2, 0.25) is 0 Å². The van der Waals surface area contributed by atoms with Gasteiger partial charge in [0.15, 0.2) is 23.3 Å². The largest absolute Gasteiger partial charge is 0.456 e. The van der Waals surface area contributed by atoms with Crippen molar-refractivity contribution in [3.63, 3.8) is 0 Å². The molecule has 10 rings (SSSR count). The van der Waals surface area contributed by atoms with Gasteiger partial charge in [-0.3, -0.25) is 0 Å². The predicted octanol–water partition coefficient (Wildman–Crippen LogP) is 11.4. The van der Waals surface area contributed by atoms with Crippen molar-refractivity contribution in [1.29, 1.82) is 0 Å². The standard InChI is InChI=1S/C43H24FN5OS/c44-30-19-15-25(16-20-30)37-39-38(32-13-7-8-14-36(32)51-39)46-42(45-37)28-18-22-34-33(23-28)31-21-17-29(24-35(31)50-34)43-48-40(26-9-3-1-4-10-26)47-41(49-43)27-11-5-2-6-12-27/h1-24H. The third kappa shape index (κ3) is 5.12. The lowest BCUT2D eigenvalue weighted by molar-refractivity contribution is 0.628. The van der Waals surface area contributed by atoms with E-state index in [0.29, 0.717) is 23.3 Å². The number of hydrogen-bond donors (Lipinski definition) is 0. The van der Waals surface area contributed by atoms with Crippen LogP contribution in [-0.2, 0) is 0 Å². The summed E-state index contributed by atoms with van der Waals surface area (Å²) >= 11 is 1.65. The number of benzene rings is 6. The molecule has 240 valence electrons. The van der Waals surface area contributed by atoms with Crippen LogP contribution in [0.4, 0.5) is 4.39 Å². The highest BCUT2D eigenvalue weighted by molar-refractivity contribution is 7.26. The Morgan fingerprint density at radius 2 is 1.02 bits per heavy atom. The number of aromatic nitrogens is 5. The molecule has 6 aromatic carbocycles. The second-order valence-electron chi connectivity index (χ2n) is 12.2. The minimum absolute atomic E-state index is 0.287. The van der Waals surface area contributed by atoms with Crippen molar-refractivity contribution < 1.29 is 8.81 Å². The van der Waals surface area contributed by atoms with Crippen LogP contribution in [0.3, 0.4) is 0 Å². The molecule has 0 bridgehead atoms. The number of hydrogen-bond acceptors (Lipinski definition) is 7. The smallest absolute Gasteiger partial charge is 0.164 e. The molecular formula is C43H24FN5OS. The maximum absolute atomic E-state index is 13.9. The van der Waals surface area contributed by atoms with Gasteiger partial charge in [-0.25, -0.2) is 29.3 Å². The number of fused-ring (bicyclic) bond motifs is 6. The third-order valence-electron chi connectivity index (χ3n) is 9.02. The van der Waals surface area contributed by atoms with Crippen molar-refractivity contribution in [2.75, 3.05) is 0 Å². The molecule has 10 aromatic rings. The summed E-state index contributed by atoms with van der Waals surface area (Å²) in [6.07, 6.45) is 0. The second kappa shape index (κ2) is 11.8. The van der Waals surface area contributed by atoms with Crippen molar-refractivity contribution in [1.82, 2.24) is 24.9 Å². The van der Waals surface area contributed by atoms with E-state index in [1.807, 2.05) is 97.1 Å². The maximum atomic E-state index is 13.9. The summed E-state index contributed by atoms with van der Waals surface area (Å²) in [6.45, 7) is 0. The molecule has 51 heavy (non-hydrogen) atoms. The van der Waals surface area contributed by atoms with Gasteiger partial charge in [0.05, 0.1) is 15.9 Å². The molecule has 0 N–H and O–H groups in total. The summed E-state index contributed by atoms with van der Waals surface area (Å²) in [7, 11) is 0. The van der Waals surface area contributed by atoms with E-state index >= 15 is 0 Å². The van der Waals surface area contributed by atoms with Gasteiger partial charge in [0, 0.05) is 48.7 Å². The van der Waals surface area contributed by atoms with E-state index in [2.05, 4.69) is 24.3 Å². The molecule has 0 unspecified atom stereocenters. The zero-order valence-electron chi connectivity index (χ0n) is 26.8. The lowest BCUT2D eigenvalue weighted by Crippen LogP contribution is -2.00. The molecule has 0 amide bonds. The Morgan fingerprint density at radius 3 is 1.75 bits per heavy atom. The predicted molar refractivity (Wildman–Crippen MR) is 203 cm³/mol. The number of rotatable bonds is 5. The van der Waals surface area contributed by atoms with Gasteiger partial charge in [-0.1, -0.05) is 84.9 Å². The minimum Gasteiger partial charge on any atom is -0.456 e. The lowest BCUT2D eigenvalue weighted by atomic mass is 10.1. The van der Waals surface area contributed by atoms with E-state index in [1.165, 1.54) is 12.1 Å². The molecule has 8 heteroatoms. The van der Waals surface area contributed by atoms with Crippen molar-refractivity contribution in [3.05, 3.63) is 151 Å². The second-order valence-corrected chi connectivity index (χ2v) is 13.3. The SMILES string of the molecule is Fc1ccc(-c2nc(-c3ccc4oc5cc(-c6nc(-c7ccccc7)nc(-c7ccccc7)n6)ccc5c4c3)nc3c2sc2ccccc23)cc1. The zero-order valence-corrected chi connectivity index (χ0v) is 27.6. The van der Waals surface area contributed by atoms with E-state index in [0.717, 1.165) is 75.8 Å². The molecule has 4 aromatic heterocycles. The molecule has 0 radical (unpaired) electrons. The van der Waals surface area contributed by atoms with Crippen molar-refractivity contribution in [2.45, 2.75) is 0 Å². The van der Waals surface area contributed by atoms with Gasteiger partial charge in [-0.2, -0.15) is 0 Å². The molecule has 0 saturated heterocycles. The topological polar surface area (TPSA) is 77.6 Å². The van der Waals surface area contributed by atoms with E-state index in [4.69, 9.17) is 29.3 Å². The molecule has 0 saturated carbocycles. The van der Waals surface area contributed by atoms with Gasteiger partial charge < -0.3 is 4.42 Å². The Labute approximate surface area is 294 Å². The fourth-order valence-corrected chi connectivity index (χ4v) is 7.67. The van der Waals surface area contributed by atoms with Crippen LogP contribution >= 0.6 is 11.3 Å². The monoisotopic (exact) mass is 677 g/mol. The van der Waals surface area contributed by atoms with E-state index in [1.54, 1.807) is 23.5 Å². The first-order valence-corrected chi connectivity index (χ1v) is 17.3. The first kappa shape index (κ1) is 29.3. The Balaban J connectivity index is 1.11. The number of nitrogens with zero attached hydrogens (tertiary/aromatic N) is 5. The molecule has 4 heterocycles. The average molecular weight is 678 g/mol. The highest BCUT2D eigenvalue weighted by atomic mass is 32.1. The van der Waals surface area contributed by atoms with Crippen LogP contribution in [0.25, 0.3) is 99.1 Å². The molecular weight excluding hydrogens is 654 g/mol. The first-order valence-electron chi connectivity index (χ1n) is 16.4. The summed E-state index contributed by atoms with van der Waals surface area (Å²) in [4.78, 5) is 24.8. The van der Waals surface area contributed by atoms with Gasteiger partial charge in [0.25, 0.3) is 0 Å². The Morgan fingerprint density at radius 1 is 0.431 bits per heavy atom. The average Bonchev–Trinajstić information content (AvgIpc) is 3.76. The van der Waals surface area contributed by atoms with Crippen LogP contribution in [0.5, 0.6) is 0 Å². The zero-order chi connectivity index (χ0) is 33.9. The van der Waals surface area contributed by atoms with E-state index < -0.39 is 0 Å². The van der Waals surface area contributed by atoms with Gasteiger partial charge in [0.1, 0.15) is 17.0 Å². The summed E-state index contributed by atoms with van der Waals surface area (Å²) < 4.78 is 22.4. The Bertz CT molecular complexity index is 2870. The molecule has 0 aliphatic heterocycles. The molecule has 0 atom stereocenters. The Kier molecular flexibility index (Phi) is 6.75. The molecule has 0 aliphatic carbocycles. The van der Waals surface area contributed by atoms with Gasteiger partial charge >= 0.3 is 0 Å². The van der Waals surface area contributed by atoms with E-state index in [-0.39, 0.29) is 5.82 Å².